The predicted octanol–water partition coefficient (Wildman–Crippen LogP) is 4.30. The Labute approximate surface area is 139 Å². The lowest BCUT2D eigenvalue weighted by Gasteiger charge is -2.43. The summed E-state index contributed by atoms with van der Waals surface area (Å²) < 4.78 is 0.957. The van der Waals surface area contributed by atoms with Gasteiger partial charge < -0.3 is 0 Å². The molecule has 0 heterocycles. The van der Waals surface area contributed by atoms with E-state index in [0.717, 1.165) is 47.7 Å². The van der Waals surface area contributed by atoms with Crippen LogP contribution in [0.15, 0.2) is 22.7 Å². The molecule has 1 aromatic carbocycles. The second kappa shape index (κ2) is 5.30. The van der Waals surface area contributed by atoms with Gasteiger partial charge in [-0.1, -0.05) is 28.9 Å². The summed E-state index contributed by atoms with van der Waals surface area (Å²) in [4.78, 5) is 26.2. The lowest BCUT2D eigenvalue weighted by atomic mass is 9.59. The Bertz CT molecular complexity index is 613. The summed E-state index contributed by atoms with van der Waals surface area (Å²) in [5, 5.41) is 0. The number of aryl methyl sites for hydroxylation is 1. The van der Waals surface area contributed by atoms with Crippen LogP contribution in [0.1, 0.15) is 49.7 Å². The summed E-state index contributed by atoms with van der Waals surface area (Å²) in [7, 11) is 0. The first-order valence-electron chi connectivity index (χ1n) is 8.47. The first-order valence-corrected chi connectivity index (χ1v) is 9.27. The number of halogens is 1. The first-order chi connectivity index (χ1) is 10.6. The molecule has 4 saturated carbocycles. The van der Waals surface area contributed by atoms with Crippen molar-refractivity contribution in [2.75, 3.05) is 0 Å². The fourth-order valence-electron chi connectivity index (χ4n) is 5.26. The van der Waals surface area contributed by atoms with Crippen LogP contribution in [-0.4, -0.2) is 11.6 Å². The second-order valence-corrected chi connectivity index (χ2v) is 8.08. The topological polar surface area (TPSA) is 34.1 Å². The van der Waals surface area contributed by atoms with Crippen molar-refractivity contribution in [3.05, 3.63) is 33.8 Å². The van der Waals surface area contributed by atoms with E-state index >= 15 is 0 Å². The molecule has 2 bridgehead atoms. The summed E-state index contributed by atoms with van der Waals surface area (Å²) >= 11 is 3.50. The fourth-order valence-corrected chi connectivity index (χ4v) is 5.64. The first kappa shape index (κ1) is 14.6. The molecule has 0 radical (unpaired) electrons. The van der Waals surface area contributed by atoms with Gasteiger partial charge in [-0.05, 0) is 67.2 Å². The van der Waals surface area contributed by atoms with Crippen LogP contribution < -0.4 is 0 Å². The van der Waals surface area contributed by atoms with Crippen LogP contribution >= 0.6 is 15.9 Å². The van der Waals surface area contributed by atoms with Crippen molar-refractivity contribution >= 4 is 27.5 Å². The van der Waals surface area contributed by atoms with Crippen LogP contribution in [0.2, 0.25) is 0 Å². The number of fused-ring (bicyclic) bond motifs is 2. The Morgan fingerprint density at radius 2 is 1.55 bits per heavy atom. The van der Waals surface area contributed by atoms with Gasteiger partial charge >= 0.3 is 0 Å². The van der Waals surface area contributed by atoms with Gasteiger partial charge in [0.15, 0.2) is 11.6 Å². The molecule has 2 nitrogen and oxygen atoms in total. The molecule has 4 aliphatic carbocycles. The van der Waals surface area contributed by atoms with Crippen molar-refractivity contribution < 1.29 is 9.59 Å². The molecule has 116 valence electrons. The lowest BCUT2D eigenvalue weighted by Crippen LogP contribution is -2.41. The Hall–Kier alpha value is -0.960. The molecular formula is C19H21BrO2. The van der Waals surface area contributed by atoms with E-state index in [1.807, 2.05) is 12.1 Å². The fraction of sp³-hybridized carbons (Fsp3) is 0.579. The van der Waals surface area contributed by atoms with Crippen LogP contribution in [0.3, 0.4) is 0 Å². The van der Waals surface area contributed by atoms with Gasteiger partial charge in [0.25, 0.3) is 0 Å². The van der Waals surface area contributed by atoms with Gasteiger partial charge in [0, 0.05) is 16.3 Å². The van der Waals surface area contributed by atoms with Crippen molar-refractivity contribution in [1.29, 1.82) is 0 Å². The van der Waals surface area contributed by atoms with E-state index in [1.165, 1.54) is 0 Å². The van der Waals surface area contributed by atoms with Crippen molar-refractivity contribution in [1.82, 2.24) is 0 Å². The van der Waals surface area contributed by atoms with E-state index in [9.17, 15) is 9.59 Å². The van der Waals surface area contributed by atoms with E-state index in [0.29, 0.717) is 11.8 Å². The molecule has 4 fully saturated rings. The van der Waals surface area contributed by atoms with Gasteiger partial charge in [-0.3, -0.25) is 9.59 Å². The Morgan fingerprint density at radius 3 is 2.05 bits per heavy atom. The van der Waals surface area contributed by atoms with E-state index in [4.69, 9.17) is 0 Å². The standard InChI is InChI=1S/C19H21BrO2/c1-2-10-7-8-13(20)9-14(10)17-18(21)15-11-3-4-12(6-5-11)16(15)19(17)22/h7-9,11-12,15-17H,2-6H2,1H3/t11?,12?,15-,16+,17?. The minimum absolute atomic E-state index is 0.0219. The summed E-state index contributed by atoms with van der Waals surface area (Å²) in [5.41, 5.74) is 2.10. The molecule has 0 spiro atoms. The van der Waals surface area contributed by atoms with Gasteiger partial charge in [0.05, 0.1) is 0 Å². The number of ketones is 2. The van der Waals surface area contributed by atoms with Crippen LogP contribution in [0, 0.1) is 23.7 Å². The molecule has 4 aliphatic rings. The second-order valence-electron chi connectivity index (χ2n) is 7.16. The summed E-state index contributed by atoms with van der Waals surface area (Å²) in [6, 6.07) is 6.05. The number of hydrogen-bond acceptors (Lipinski definition) is 2. The van der Waals surface area contributed by atoms with Gasteiger partial charge in [-0.15, -0.1) is 0 Å². The highest BCUT2D eigenvalue weighted by Crippen LogP contribution is 2.56. The molecule has 0 aromatic heterocycles. The third kappa shape index (κ3) is 1.97. The maximum atomic E-state index is 13.1. The largest absolute Gasteiger partial charge is 0.298 e. The summed E-state index contributed by atoms with van der Waals surface area (Å²) in [5.74, 6) is 0.919. The number of benzene rings is 1. The number of carbonyl (C=O) groups excluding carboxylic acids is 2. The molecule has 22 heavy (non-hydrogen) atoms. The monoisotopic (exact) mass is 360 g/mol. The average Bonchev–Trinajstić information content (AvgIpc) is 2.82. The van der Waals surface area contributed by atoms with Crippen molar-refractivity contribution in [2.45, 2.75) is 44.9 Å². The number of hydrogen-bond donors (Lipinski definition) is 0. The third-order valence-electron chi connectivity index (χ3n) is 6.25. The molecule has 0 saturated heterocycles. The predicted molar refractivity (Wildman–Crippen MR) is 88.7 cm³/mol. The van der Waals surface area contributed by atoms with E-state index in [-0.39, 0.29) is 23.4 Å². The highest BCUT2D eigenvalue weighted by atomic mass is 79.9. The minimum Gasteiger partial charge on any atom is -0.298 e. The molecular weight excluding hydrogens is 340 g/mol. The third-order valence-corrected chi connectivity index (χ3v) is 6.74. The summed E-state index contributed by atoms with van der Waals surface area (Å²) in [6.45, 7) is 2.09. The van der Waals surface area contributed by atoms with E-state index in [1.54, 1.807) is 0 Å². The van der Waals surface area contributed by atoms with Crippen molar-refractivity contribution in [3.8, 4) is 0 Å². The number of rotatable bonds is 2. The SMILES string of the molecule is CCc1ccc(Br)cc1C1C(=O)[C@@H]2C3CCC(CC3)[C@@H]2C1=O. The van der Waals surface area contributed by atoms with Crippen molar-refractivity contribution in [2.24, 2.45) is 23.7 Å². The molecule has 0 aliphatic heterocycles. The molecule has 0 N–H and O–H groups in total. The number of Topliss-reactive ketones (excluding diaryl/α,β-unsaturated/α-hetero) is 2. The Kier molecular flexibility index (Phi) is 3.52. The van der Waals surface area contributed by atoms with Crippen LogP contribution in [-0.2, 0) is 16.0 Å². The maximum absolute atomic E-state index is 13.1. The van der Waals surface area contributed by atoms with Crippen molar-refractivity contribution in [3.63, 3.8) is 0 Å². The molecule has 5 rings (SSSR count). The van der Waals surface area contributed by atoms with E-state index < -0.39 is 5.92 Å². The molecule has 1 unspecified atom stereocenters. The van der Waals surface area contributed by atoms with Gasteiger partial charge in [0.1, 0.15) is 5.92 Å². The normalized spacial score (nSPS) is 36.7. The van der Waals surface area contributed by atoms with Gasteiger partial charge in [0.2, 0.25) is 0 Å². The minimum atomic E-state index is -0.497. The van der Waals surface area contributed by atoms with Crippen LogP contribution in [0.4, 0.5) is 0 Å². The zero-order valence-corrected chi connectivity index (χ0v) is 14.4. The molecule has 3 atom stereocenters. The van der Waals surface area contributed by atoms with Crippen LogP contribution in [0.25, 0.3) is 0 Å². The smallest absolute Gasteiger partial charge is 0.151 e. The Balaban J connectivity index is 1.79. The van der Waals surface area contributed by atoms with Crippen LogP contribution in [0.5, 0.6) is 0 Å². The Morgan fingerprint density at radius 1 is 1.00 bits per heavy atom. The molecule has 1 aromatic rings. The lowest BCUT2D eigenvalue weighted by molar-refractivity contribution is -0.129. The van der Waals surface area contributed by atoms with Gasteiger partial charge in [-0.25, -0.2) is 0 Å². The maximum Gasteiger partial charge on any atom is 0.151 e. The highest BCUT2D eigenvalue weighted by molar-refractivity contribution is 9.10. The zero-order valence-electron chi connectivity index (χ0n) is 12.8. The zero-order chi connectivity index (χ0) is 15.4. The summed E-state index contributed by atoms with van der Waals surface area (Å²) in [6.07, 6.45) is 5.46. The van der Waals surface area contributed by atoms with E-state index in [2.05, 4.69) is 28.9 Å². The molecule has 3 heteroatoms. The molecule has 0 amide bonds. The number of carbonyl (C=O) groups is 2. The highest BCUT2D eigenvalue weighted by Gasteiger charge is 2.58. The quantitative estimate of drug-likeness (QED) is 0.736. The van der Waals surface area contributed by atoms with Gasteiger partial charge in [-0.2, -0.15) is 0 Å². The average molecular weight is 361 g/mol.